The summed E-state index contributed by atoms with van der Waals surface area (Å²) in [6.07, 6.45) is 0. The Balaban J connectivity index is 2.60. The van der Waals surface area contributed by atoms with Gasteiger partial charge in [0.05, 0.1) is 5.52 Å². The molecule has 0 saturated carbocycles. The quantitative estimate of drug-likeness (QED) is 0.596. The standard InChI is InChI=1S/C13H8N2O/c14-7-10-12(16)6-5-9-8-3-1-2-4-11(8)15-13(9)10/h1-6,15-16H. The molecule has 0 radical (unpaired) electrons. The number of fused-ring (bicyclic) bond motifs is 3. The van der Waals surface area contributed by atoms with E-state index in [2.05, 4.69) is 4.98 Å². The van der Waals surface area contributed by atoms with Gasteiger partial charge >= 0.3 is 0 Å². The van der Waals surface area contributed by atoms with Gasteiger partial charge in [-0.1, -0.05) is 18.2 Å². The SMILES string of the molecule is N#Cc1c(O)ccc2c1[nH]c1ccccc12. The van der Waals surface area contributed by atoms with Crippen LogP contribution in [0.2, 0.25) is 0 Å². The van der Waals surface area contributed by atoms with Crippen molar-refractivity contribution in [1.29, 1.82) is 5.26 Å². The van der Waals surface area contributed by atoms with E-state index in [9.17, 15) is 5.11 Å². The summed E-state index contributed by atoms with van der Waals surface area (Å²) in [5.74, 6) is 0.0153. The summed E-state index contributed by atoms with van der Waals surface area (Å²) in [5.41, 5.74) is 1.97. The van der Waals surface area contributed by atoms with Crippen LogP contribution in [0.3, 0.4) is 0 Å². The van der Waals surface area contributed by atoms with Crippen molar-refractivity contribution in [2.45, 2.75) is 0 Å². The number of hydrogen-bond acceptors (Lipinski definition) is 2. The molecule has 3 heteroatoms. The molecule has 16 heavy (non-hydrogen) atoms. The van der Waals surface area contributed by atoms with Gasteiger partial charge in [0.25, 0.3) is 0 Å². The van der Waals surface area contributed by atoms with Crippen LogP contribution >= 0.6 is 0 Å². The predicted molar refractivity (Wildman–Crippen MR) is 62.2 cm³/mol. The molecule has 0 fully saturated rings. The van der Waals surface area contributed by atoms with Crippen molar-refractivity contribution >= 4 is 21.8 Å². The van der Waals surface area contributed by atoms with Crippen LogP contribution in [0.5, 0.6) is 5.75 Å². The number of benzene rings is 2. The summed E-state index contributed by atoms with van der Waals surface area (Å²) in [4.78, 5) is 3.16. The Morgan fingerprint density at radius 3 is 2.69 bits per heavy atom. The van der Waals surface area contributed by atoms with E-state index >= 15 is 0 Å². The van der Waals surface area contributed by atoms with Crippen molar-refractivity contribution in [2.24, 2.45) is 0 Å². The van der Waals surface area contributed by atoms with Gasteiger partial charge in [0.2, 0.25) is 0 Å². The van der Waals surface area contributed by atoms with Gasteiger partial charge in [-0.3, -0.25) is 0 Å². The molecule has 0 aliphatic rings. The monoisotopic (exact) mass is 208 g/mol. The molecule has 0 aliphatic heterocycles. The maximum atomic E-state index is 9.59. The van der Waals surface area contributed by atoms with E-state index < -0.39 is 0 Å². The van der Waals surface area contributed by atoms with E-state index in [0.29, 0.717) is 11.1 Å². The minimum Gasteiger partial charge on any atom is -0.506 e. The topological polar surface area (TPSA) is 59.8 Å². The third-order valence-electron chi connectivity index (χ3n) is 2.77. The Hall–Kier alpha value is -2.47. The number of nitriles is 1. The predicted octanol–water partition coefficient (Wildman–Crippen LogP) is 2.90. The van der Waals surface area contributed by atoms with E-state index in [0.717, 1.165) is 16.3 Å². The number of nitrogens with one attached hydrogen (secondary N) is 1. The fourth-order valence-corrected chi connectivity index (χ4v) is 2.02. The first-order valence-corrected chi connectivity index (χ1v) is 4.94. The maximum Gasteiger partial charge on any atom is 0.135 e. The summed E-state index contributed by atoms with van der Waals surface area (Å²) in [7, 11) is 0. The molecule has 76 valence electrons. The third kappa shape index (κ3) is 1.01. The highest BCUT2D eigenvalue weighted by atomic mass is 16.3. The Morgan fingerprint density at radius 1 is 1.06 bits per heavy atom. The van der Waals surface area contributed by atoms with E-state index in [1.807, 2.05) is 36.4 Å². The Morgan fingerprint density at radius 2 is 1.88 bits per heavy atom. The molecule has 0 aliphatic carbocycles. The van der Waals surface area contributed by atoms with Crippen molar-refractivity contribution in [1.82, 2.24) is 4.98 Å². The van der Waals surface area contributed by atoms with Gasteiger partial charge in [-0.15, -0.1) is 0 Å². The second-order valence-electron chi connectivity index (χ2n) is 3.66. The summed E-state index contributed by atoms with van der Waals surface area (Å²) in [6.45, 7) is 0. The van der Waals surface area contributed by atoms with E-state index in [-0.39, 0.29) is 5.75 Å². The lowest BCUT2D eigenvalue weighted by Crippen LogP contribution is -1.78. The molecular weight excluding hydrogens is 200 g/mol. The zero-order chi connectivity index (χ0) is 11.1. The normalized spacial score (nSPS) is 10.7. The molecule has 3 rings (SSSR count). The minimum absolute atomic E-state index is 0.0153. The lowest BCUT2D eigenvalue weighted by atomic mass is 10.1. The second-order valence-corrected chi connectivity index (χ2v) is 3.66. The molecule has 0 spiro atoms. The van der Waals surface area contributed by atoms with Gasteiger partial charge in [0, 0.05) is 16.3 Å². The lowest BCUT2D eigenvalue weighted by Gasteiger charge is -1.96. The second kappa shape index (κ2) is 3.01. The molecule has 0 bridgehead atoms. The Bertz CT molecular complexity index is 735. The number of para-hydroxylation sites is 1. The molecule has 0 unspecified atom stereocenters. The molecule has 2 N–H and O–H groups in total. The van der Waals surface area contributed by atoms with Gasteiger partial charge in [-0.2, -0.15) is 5.26 Å². The number of H-pyrrole nitrogens is 1. The molecule has 2 aromatic carbocycles. The first-order chi connectivity index (χ1) is 7.81. The van der Waals surface area contributed by atoms with Crippen LogP contribution in [0.1, 0.15) is 5.56 Å². The molecule has 1 heterocycles. The van der Waals surface area contributed by atoms with E-state index in [1.165, 1.54) is 0 Å². The molecule has 0 amide bonds. The first-order valence-electron chi connectivity index (χ1n) is 4.94. The van der Waals surface area contributed by atoms with Crippen molar-refractivity contribution in [2.75, 3.05) is 0 Å². The third-order valence-corrected chi connectivity index (χ3v) is 2.77. The average Bonchev–Trinajstić information content (AvgIpc) is 2.67. The lowest BCUT2D eigenvalue weighted by molar-refractivity contribution is 0.474. The van der Waals surface area contributed by atoms with Gasteiger partial charge in [-0.25, -0.2) is 0 Å². The number of hydrogen-bond donors (Lipinski definition) is 2. The summed E-state index contributed by atoms with van der Waals surface area (Å²) >= 11 is 0. The summed E-state index contributed by atoms with van der Waals surface area (Å²) < 4.78 is 0. The number of aromatic nitrogens is 1. The van der Waals surface area contributed by atoms with Crippen molar-refractivity contribution in [3.63, 3.8) is 0 Å². The van der Waals surface area contributed by atoms with Gasteiger partial charge in [-0.05, 0) is 18.2 Å². The summed E-state index contributed by atoms with van der Waals surface area (Å²) in [5, 5.41) is 20.6. The van der Waals surface area contributed by atoms with Gasteiger partial charge < -0.3 is 10.1 Å². The average molecular weight is 208 g/mol. The molecule has 1 aromatic heterocycles. The first kappa shape index (κ1) is 8.81. The number of aromatic amines is 1. The highest BCUT2D eigenvalue weighted by Gasteiger charge is 2.10. The van der Waals surface area contributed by atoms with Crippen molar-refractivity contribution < 1.29 is 5.11 Å². The Kier molecular flexibility index (Phi) is 1.66. The zero-order valence-electron chi connectivity index (χ0n) is 8.36. The minimum atomic E-state index is 0.0153. The highest BCUT2D eigenvalue weighted by molar-refractivity contribution is 6.09. The van der Waals surface area contributed by atoms with Crippen LogP contribution in [0.15, 0.2) is 36.4 Å². The van der Waals surface area contributed by atoms with Crippen LogP contribution in [0.25, 0.3) is 21.8 Å². The maximum absolute atomic E-state index is 9.59. The zero-order valence-corrected chi connectivity index (χ0v) is 8.36. The number of aromatic hydroxyl groups is 1. The van der Waals surface area contributed by atoms with Crippen molar-refractivity contribution in [3.05, 3.63) is 42.0 Å². The highest BCUT2D eigenvalue weighted by Crippen LogP contribution is 2.31. The van der Waals surface area contributed by atoms with Crippen LogP contribution in [-0.4, -0.2) is 10.1 Å². The van der Waals surface area contributed by atoms with E-state index in [4.69, 9.17) is 5.26 Å². The van der Waals surface area contributed by atoms with Crippen LogP contribution in [0, 0.1) is 11.3 Å². The largest absolute Gasteiger partial charge is 0.506 e. The fourth-order valence-electron chi connectivity index (χ4n) is 2.02. The molecule has 0 saturated heterocycles. The smallest absolute Gasteiger partial charge is 0.135 e. The van der Waals surface area contributed by atoms with Crippen molar-refractivity contribution in [3.8, 4) is 11.8 Å². The van der Waals surface area contributed by atoms with Gasteiger partial charge in [0.15, 0.2) is 0 Å². The van der Waals surface area contributed by atoms with Crippen LogP contribution < -0.4 is 0 Å². The fraction of sp³-hybridized carbons (Fsp3) is 0. The molecule has 0 atom stereocenters. The van der Waals surface area contributed by atoms with Crippen LogP contribution in [-0.2, 0) is 0 Å². The number of rotatable bonds is 0. The summed E-state index contributed by atoms with van der Waals surface area (Å²) in [6, 6.07) is 13.2. The van der Waals surface area contributed by atoms with Crippen LogP contribution in [0.4, 0.5) is 0 Å². The van der Waals surface area contributed by atoms with Gasteiger partial charge in [0.1, 0.15) is 17.4 Å². The molecule has 3 nitrogen and oxygen atoms in total. The molecule has 3 aromatic rings. The number of nitrogens with zero attached hydrogens (tertiary/aromatic N) is 1. The number of phenolic OH excluding ortho intramolecular Hbond substituents is 1. The van der Waals surface area contributed by atoms with E-state index in [1.54, 1.807) is 6.07 Å². The molecular formula is C13H8N2O. The number of phenols is 1. The Labute approximate surface area is 91.6 Å².